The summed E-state index contributed by atoms with van der Waals surface area (Å²) in [6.07, 6.45) is 0.617. The predicted molar refractivity (Wildman–Crippen MR) is 76.3 cm³/mol. The van der Waals surface area contributed by atoms with Crippen LogP contribution in [0.2, 0.25) is 0 Å². The number of aryl methyl sites for hydroxylation is 1. The highest BCUT2D eigenvalue weighted by Crippen LogP contribution is 2.18. The Balaban J connectivity index is 1.92. The van der Waals surface area contributed by atoms with Gasteiger partial charge in [-0.3, -0.25) is 4.79 Å². The molecule has 3 nitrogen and oxygen atoms in total. The lowest BCUT2D eigenvalue weighted by Gasteiger charge is -2.07. The maximum atomic E-state index is 13.4. The SMILES string of the molecule is COc1ccc(CCC(=O)Nc2c(F)cccc2F)cc1. The van der Waals surface area contributed by atoms with E-state index in [4.69, 9.17) is 4.74 Å². The Morgan fingerprint density at radius 2 is 1.71 bits per heavy atom. The number of ether oxygens (including phenoxy) is 1. The number of amides is 1. The van der Waals surface area contributed by atoms with Crippen molar-refractivity contribution in [3.05, 3.63) is 59.7 Å². The van der Waals surface area contributed by atoms with E-state index in [1.807, 2.05) is 12.1 Å². The third-order valence-corrected chi connectivity index (χ3v) is 3.03. The molecule has 0 heterocycles. The summed E-state index contributed by atoms with van der Waals surface area (Å²) >= 11 is 0. The molecular weight excluding hydrogens is 276 g/mol. The topological polar surface area (TPSA) is 38.3 Å². The van der Waals surface area contributed by atoms with E-state index in [-0.39, 0.29) is 6.42 Å². The van der Waals surface area contributed by atoms with Gasteiger partial charge in [0.05, 0.1) is 7.11 Å². The normalized spacial score (nSPS) is 10.2. The third-order valence-electron chi connectivity index (χ3n) is 3.03. The van der Waals surface area contributed by atoms with E-state index >= 15 is 0 Å². The fourth-order valence-electron chi connectivity index (χ4n) is 1.87. The molecular formula is C16H15F2NO2. The summed E-state index contributed by atoms with van der Waals surface area (Å²) in [4.78, 5) is 11.7. The van der Waals surface area contributed by atoms with Crippen molar-refractivity contribution >= 4 is 11.6 Å². The summed E-state index contributed by atoms with van der Waals surface area (Å²) in [5, 5.41) is 2.26. The van der Waals surface area contributed by atoms with Crippen molar-refractivity contribution in [3.63, 3.8) is 0 Å². The maximum Gasteiger partial charge on any atom is 0.224 e. The van der Waals surface area contributed by atoms with Gasteiger partial charge in [0, 0.05) is 6.42 Å². The lowest BCUT2D eigenvalue weighted by atomic mass is 10.1. The molecule has 5 heteroatoms. The summed E-state index contributed by atoms with van der Waals surface area (Å²) in [5.74, 6) is -1.27. The second kappa shape index (κ2) is 6.83. The van der Waals surface area contributed by atoms with Gasteiger partial charge in [0.1, 0.15) is 23.1 Å². The summed E-state index contributed by atoms with van der Waals surface area (Å²) < 4.78 is 31.8. The molecule has 1 amide bonds. The monoisotopic (exact) mass is 291 g/mol. The molecule has 0 radical (unpaired) electrons. The Morgan fingerprint density at radius 3 is 2.29 bits per heavy atom. The van der Waals surface area contributed by atoms with Crippen molar-refractivity contribution in [2.24, 2.45) is 0 Å². The number of anilines is 1. The van der Waals surface area contributed by atoms with E-state index in [2.05, 4.69) is 5.32 Å². The van der Waals surface area contributed by atoms with Crippen LogP contribution in [0.25, 0.3) is 0 Å². The fraction of sp³-hybridized carbons (Fsp3) is 0.188. The van der Waals surface area contributed by atoms with Gasteiger partial charge in [-0.05, 0) is 36.2 Å². The Morgan fingerprint density at radius 1 is 1.10 bits per heavy atom. The van der Waals surface area contributed by atoms with Gasteiger partial charge >= 0.3 is 0 Å². The van der Waals surface area contributed by atoms with Crippen molar-refractivity contribution < 1.29 is 18.3 Å². The van der Waals surface area contributed by atoms with Crippen molar-refractivity contribution in [2.75, 3.05) is 12.4 Å². The molecule has 0 spiro atoms. The number of nitrogens with one attached hydrogen (secondary N) is 1. The van der Waals surface area contributed by atoms with Crippen LogP contribution in [0.1, 0.15) is 12.0 Å². The number of hydrogen-bond acceptors (Lipinski definition) is 2. The number of carbonyl (C=O) groups is 1. The average molecular weight is 291 g/mol. The zero-order valence-electron chi connectivity index (χ0n) is 11.5. The molecule has 0 fully saturated rings. The molecule has 0 aliphatic carbocycles. The van der Waals surface area contributed by atoms with Gasteiger partial charge in [-0.25, -0.2) is 8.78 Å². The van der Waals surface area contributed by atoms with Gasteiger partial charge in [0.15, 0.2) is 0 Å². The van der Waals surface area contributed by atoms with Crippen LogP contribution in [-0.2, 0) is 11.2 Å². The van der Waals surface area contributed by atoms with E-state index in [1.54, 1.807) is 19.2 Å². The van der Waals surface area contributed by atoms with Crippen LogP contribution in [0.4, 0.5) is 14.5 Å². The lowest BCUT2D eigenvalue weighted by Crippen LogP contribution is -2.14. The molecule has 1 N–H and O–H groups in total. The first-order chi connectivity index (χ1) is 10.1. The van der Waals surface area contributed by atoms with Crippen LogP contribution in [-0.4, -0.2) is 13.0 Å². The minimum atomic E-state index is -0.784. The molecule has 2 rings (SSSR count). The van der Waals surface area contributed by atoms with Crippen LogP contribution >= 0.6 is 0 Å². The van der Waals surface area contributed by atoms with Crippen LogP contribution in [0, 0.1) is 11.6 Å². The summed E-state index contributed by atoms with van der Waals surface area (Å²) in [5.41, 5.74) is 0.539. The molecule has 0 aliphatic heterocycles. The highest BCUT2D eigenvalue weighted by atomic mass is 19.1. The van der Waals surface area contributed by atoms with Crippen molar-refractivity contribution in [1.82, 2.24) is 0 Å². The molecule has 21 heavy (non-hydrogen) atoms. The van der Waals surface area contributed by atoms with Gasteiger partial charge in [-0.15, -0.1) is 0 Å². The van der Waals surface area contributed by atoms with Crippen molar-refractivity contribution in [3.8, 4) is 5.75 Å². The van der Waals surface area contributed by atoms with Gasteiger partial charge in [0.2, 0.25) is 5.91 Å². The molecule has 0 saturated carbocycles. The molecule has 0 bridgehead atoms. The highest BCUT2D eigenvalue weighted by Gasteiger charge is 2.11. The fourth-order valence-corrected chi connectivity index (χ4v) is 1.87. The van der Waals surface area contributed by atoms with Gasteiger partial charge in [-0.2, -0.15) is 0 Å². The molecule has 2 aromatic rings. The summed E-state index contributed by atoms with van der Waals surface area (Å²) in [6.45, 7) is 0. The number of para-hydroxylation sites is 1. The Bertz CT molecular complexity index is 606. The number of rotatable bonds is 5. The van der Waals surface area contributed by atoms with Crippen LogP contribution in [0.5, 0.6) is 5.75 Å². The molecule has 0 unspecified atom stereocenters. The van der Waals surface area contributed by atoms with E-state index in [0.29, 0.717) is 6.42 Å². The zero-order valence-corrected chi connectivity index (χ0v) is 11.5. The number of hydrogen-bond donors (Lipinski definition) is 1. The number of carbonyl (C=O) groups excluding carboxylic acids is 1. The first-order valence-electron chi connectivity index (χ1n) is 6.47. The second-order valence-electron chi connectivity index (χ2n) is 4.49. The first-order valence-corrected chi connectivity index (χ1v) is 6.47. The van der Waals surface area contributed by atoms with E-state index in [0.717, 1.165) is 23.4 Å². The van der Waals surface area contributed by atoms with E-state index in [9.17, 15) is 13.6 Å². The quantitative estimate of drug-likeness (QED) is 0.915. The van der Waals surface area contributed by atoms with Crippen molar-refractivity contribution in [1.29, 1.82) is 0 Å². The first kappa shape index (κ1) is 15.0. The van der Waals surface area contributed by atoms with Crippen LogP contribution in [0.15, 0.2) is 42.5 Å². The molecule has 2 aromatic carbocycles. The number of benzene rings is 2. The standard InChI is InChI=1S/C16H15F2NO2/c1-21-12-8-5-11(6-9-12)7-10-15(20)19-16-13(17)3-2-4-14(16)18/h2-6,8-9H,7,10H2,1H3,(H,19,20). The molecule has 0 aromatic heterocycles. The largest absolute Gasteiger partial charge is 0.497 e. The maximum absolute atomic E-state index is 13.4. The minimum Gasteiger partial charge on any atom is -0.497 e. The number of halogens is 2. The summed E-state index contributed by atoms with van der Waals surface area (Å²) in [7, 11) is 1.57. The Labute approximate surface area is 121 Å². The smallest absolute Gasteiger partial charge is 0.224 e. The average Bonchev–Trinajstić information content (AvgIpc) is 2.49. The van der Waals surface area contributed by atoms with Crippen molar-refractivity contribution in [2.45, 2.75) is 12.8 Å². The van der Waals surface area contributed by atoms with Gasteiger partial charge in [-0.1, -0.05) is 18.2 Å². The highest BCUT2D eigenvalue weighted by molar-refractivity contribution is 5.91. The minimum absolute atomic E-state index is 0.139. The Kier molecular flexibility index (Phi) is 4.87. The molecule has 0 saturated heterocycles. The lowest BCUT2D eigenvalue weighted by molar-refractivity contribution is -0.116. The van der Waals surface area contributed by atoms with E-state index < -0.39 is 23.2 Å². The third kappa shape index (κ3) is 4.02. The number of methoxy groups -OCH3 is 1. The second-order valence-corrected chi connectivity index (χ2v) is 4.49. The molecule has 0 aliphatic rings. The van der Waals surface area contributed by atoms with Crippen LogP contribution < -0.4 is 10.1 Å². The zero-order chi connectivity index (χ0) is 15.2. The summed E-state index contributed by atoms with van der Waals surface area (Å²) in [6, 6.07) is 10.7. The molecule has 110 valence electrons. The van der Waals surface area contributed by atoms with Gasteiger partial charge in [0.25, 0.3) is 0 Å². The van der Waals surface area contributed by atoms with Gasteiger partial charge < -0.3 is 10.1 Å². The Hall–Kier alpha value is -2.43. The molecule has 0 atom stereocenters. The van der Waals surface area contributed by atoms with Crippen LogP contribution in [0.3, 0.4) is 0 Å². The predicted octanol–water partition coefficient (Wildman–Crippen LogP) is 3.54. The van der Waals surface area contributed by atoms with E-state index in [1.165, 1.54) is 6.07 Å².